The molecule has 0 radical (unpaired) electrons. The van der Waals surface area contributed by atoms with Crippen LogP contribution in [0.5, 0.6) is 0 Å². The van der Waals surface area contributed by atoms with E-state index in [0.717, 1.165) is 4.47 Å². The van der Waals surface area contributed by atoms with Gasteiger partial charge in [0.1, 0.15) is 0 Å². The van der Waals surface area contributed by atoms with Gasteiger partial charge >= 0.3 is 0 Å². The average molecular weight is 224 g/mol. The fourth-order valence-electron chi connectivity index (χ4n) is 0.744. The maximum atomic E-state index is 9.95. The topological polar surface area (TPSA) is 43.1 Å². The number of anilines is 1. The summed E-state index contributed by atoms with van der Waals surface area (Å²) in [6.45, 7) is 0. The SMILES string of the molecule is Nc1ccc(Br)cc1C#CC=O. The zero-order valence-corrected chi connectivity index (χ0v) is 7.76. The molecule has 1 aromatic carbocycles. The fraction of sp³-hybridized carbons (Fsp3) is 0. The van der Waals surface area contributed by atoms with Crippen molar-refractivity contribution in [2.45, 2.75) is 0 Å². The molecule has 1 aromatic rings. The van der Waals surface area contributed by atoms with Gasteiger partial charge in [0.05, 0.1) is 0 Å². The van der Waals surface area contributed by atoms with Crippen molar-refractivity contribution in [2.24, 2.45) is 0 Å². The lowest BCUT2D eigenvalue weighted by Gasteiger charge is -1.96. The maximum Gasteiger partial charge on any atom is 0.193 e. The Hall–Kier alpha value is -1.27. The minimum atomic E-state index is 0.542. The van der Waals surface area contributed by atoms with E-state index in [2.05, 4.69) is 27.8 Å². The monoisotopic (exact) mass is 223 g/mol. The molecule has 0 aromatic heterocycles. The van der Waals surface area contributed by atoms with Crippen LogP contribution in [0, 0.1) is 11.8 Å². The molecule has 0 amide bonds. The molecule has 0 spiro atoms. The van der Waals surface area contributed by atoms with Gasteiger partial charge in [0.25, 0.3) is 0 Å². The van der Waals surface area contributed by atoms with Gasteiger partial charge in [-0.05, 0) is 24.1 Å². The number of nitrogen functional groups attached to an aromatic ring is 1. The van der Waals surface area contributed by atoms with Gasteiger partial charge in [-0.15, -0.1) is 0 Å². The van der Waals surface area contributed by atoms with Crippen molar-refractivity contribution in [1.82, 2.24) is 0 Å². The lowest BCUT2D eigenvalue weighted by atomic mass is 10.2. The Kier molecular flexibility index (Phi) is 2.89. The third-order valence-corrected chi connectivity index (χ3v) is 1.77. The number of hydrogen-bond donors (Lipinski definition) is 1. The van der Waals surface area contributed by atoms with Gasteiger partial charge < -0.3 is 5.73 Å². The highest BCUT2D eigenvalue weighted by Gasteiger charge is 1.94. The van der Waals surface area contributed by atoms with Gasteiger partial charge in [-0.1, -0.05) is 21.9 Å². The van der Waals surface area contributed by atoms with Crippen molar-refractivity contribution in [3.05, 3.63) is 28.2 Å². The highest BCUT2D eigenvalue weighted by atomic mass is 79.9. The van der Waals surface area contributed by atoms with E-state index >= 15 is 0 Å². The zero-order chi connectivity index (χ0) is 8.97. The predicted octanol–water partition coefficient (Wildman–Crippen LogP) is 1.58. The summed E-state index contributed by atoms with van der Waals surface area (Å²) in [7, 11) is 0. The molecule has 0 bridgehead atoms. The van der Waals surface area contributed by atoms with Crippen LogP contribution in [0.15, 0.2) is 22.7 Å². The number of aldehydes is 1. The Morgan fingerprint density at radius 1 is 1.50 bits per heavy atom. The second-order valence-corrected chi connectivity index (χ2v) is 3.03. The van der Waals surface area contributed by atoms with Gasteiger partial charge in [-0.3, -0.25) is 4.79 Å². The summed E-state index contributed by atoms with van der Waals surface area (Å²) in [6, 6.07) is 5.33. The van der Waals surface area contributed by atoms with Crippen molar-refractivity contribution in [2.75, 3.05) is 5.73 Å². The number of carbonyl (C=O) groups is 1. The predicted molar refractivity (Wildman–Crippen MR) is 51.5 cm³/mol. The smallest absolute Gasteiger partial charge is 0.193 e. The first-order valence-corrected chi connectivity index (χ1v) is 4.03. The second-order valence-electron chi connectivity index (χ2n) is 2.12. The summed E-state index contributed by atoms with van der Waals surface area (Å²) in [4.78, 5) is 9.95. The number of hydrogen-bond acceptors (Lipinski definition) is 2. The molecule has 2 N–H and O–H groups in total. The normalized spacial score (nSPS) is 8.42. The maximum absolute atomic E-state index is 9.95. The van der Waals surface area contributed by atoms with E-state index < -0.39 is 0 Å². The molecule has 0 heterocycles. The van der Waals surface area contributed by atoms with Crippen LogP contribution in [0.3, 0.4) is 0 Å². The summed E-state index contributed by atoms with van der Waals surface area (Å²) >= 11 is 3.28. The number of halogens is 1. The van der Waals surface area contributed by atoms with Gasteiger partial charge in [-0.25, -0.2) is 0 Å². The molecule has 0 aliphatic heterocycles. The summed E-state index contributed by atoms with van der Waals surface area (Å²) in [6.07, 6.45) is 0.542. The van der Waals surface area contributed by atoms with Crippen LogP contribution in [-0.4, -0.2) is 6.29 Å². The lowest BCUT2D eigenvalue weighted by Crippen LogP contribution is -1.89. The minimum absolute atomic E-state index is 0.542. The quantitative estimate of drug-likeness (QED) is 0.413. The summed E-state index contributed by atoms with van der Waals surface area (Å²) in [5.41, 5.74) is 6.83. The zero-order valence-electron chi connectivity index (χ0n) is 6.17. The van der Waals surface area contributed by atoms with E-state index in [-0.39, 0.29) is 0 Å². The van der Waals surface area contributed by atoms with E-state index in [4.69, 9.17) is 5.73 Å². The molecular weight excluding hydrogens is 218 g/mol. The van der Waals surface area contributed by atoms with Crippen LogP contribution in [-0.2, 0) is 4.79 Å². The standard InChI is InChI=1S/C9H6BrNO/c10-8-3-4-9(11)7(6-8)2-1-5-12/h3-6H,11H2. The van der Waals surface area contributed by atoms with Crippen molar-refractivity contribution >= 4 is 27.9 Å². The molecule has 0 unspecified atom stereocenters. The van der Waals surface area contributed by atoms with Crippen LogP contribution in [0.25, 0.3) is 0 Å². The Bertz CT molecular complexity index is 363. The third kappa shape index (κ3) is 2.11. The first-order valence-electron chi connectivity index (χ1n) is 3.24. The average Bonchev–Trinajstić information content (AvgIpc) is 2.07. The van der Waals surface area contributed by atoms with Gasteiger partial charge in [-0.2, -0.15) is 0 Å². The molecule has 3 heteroatoms. The summed E-state index contributed by atoms with van der Waals surface area (Å²) in [5.74, 6) is 4.93. The van der Waals surface area contributed by atoms with Crippen molar-refractivity contribution in [3.63, 3.8) is 0 Å². The molecular formula is C9H6BrNO. The Labute approximate surface area is 78.9 Å². The Morgan fingerprint density at radius 3 is 2.92 bits per heavy atom. The highest BCUT2D eigenvalue weighted by Crippen LogP contribution is 2.16. The van der Waals surface area contributed by atoms with Crippen LogP contribution in [0.1, 0.15) is 5.56 Å². The van der Waals surface area contributed by atoms with E-state index in [1.165, 1.54) is 0 Å². The van der Waals surface area contributed by atoms with Gasteiger partial charge in [0.15, 0.2) is 6.29 Å². The highest BCUT2D eigenvalue weighted by molar-refractivity contribution is 9.10. The third-order valence-electron chi connectivity index (χ3n) is 1.28. The van der Waals surface area contributed by atoms with E-state index in [1.807, 2.05) is 6.07 Å². The molecule has 60 valence electrons. The van der Waals surface area contributed by atoms with Crippen LogP contribution < -0.4 is 5.73 Å². The van der Waals surface area contributed by atoms with Crippen LogP contribution in [0.2, 0.25) is 0 Å². The molecule has 1 rings (SSSR count). The largest absolute Gasteiger partial charge is 0.398 e. The molecule has 0 saturated carbocycles. The van der Waals surface area contributed by atoms with Gasteiger partial charge in [0, 0.05) is 15.7 Å². The number of carbonyl (C=O) groups excluding carboxylic acids is 1. The second kappa shape index (κ2) is 3.93. The molecule has 0 atom stereocenters. The first kappa shape index (κ1) is 8.82. The molecule has 0 aliphatic carbocycles. The molecule has 2 nitrogen and oxygen atoms in total. The number of benzene rings is 1. The van der Waals surface area contributed by atoms with Crippen molar-refractivity contribution in [1.29, 1.82) is 0 Å². The molecule has 0 saturated heterocycles. The fourth-order valence-corrected chi connectivity index (χ4v) is 1.11. The Balaban J connectivity index is 3.13. The van der Waals surface area contributed by atoms with E-state index in [0.29, 0.717) is 17.5 Å². The number of nitrogens with two attached hydrogens (primary N) is 1. The minimum Gasteiger partial charge on any atom is -0.398 e. The summed E-state index contributed by atoms with van der Waals surface area (Å²) < 4.78 is 0.895. The van der Waals surface area contributed by atoms with Crippen molar-refractivity contribution < 1.29 is 4.79 Å². The lowest BCUT2D eigenvalue weighted by molar-refractivity contribution is -0.103. The van der Waals surface area contributed by atoms with E-state index in [1.54, 1.807) is 12.1 Å². The molecule has 0 fully saturated rings. The van der Waals surface area contributed by atoms with Gasteiger partial charge in [0.2, 0.25) is 0 Å². The van der Waals surface area contributed by atoms with Crippen LogP contribution in [0.4, 0.5) is 5.69 Å². The molecule has 0 aliphatic rings. The number of rotatable bonds is 0. The van der Waals surface area contributed by atoms with Crippen molar-refractivity contribution in [3.8, 4) is 11.8 Å². The Morgan fingerprint density at radius 2 is 2.25 bits per heavy atom. The molecule has 12 heavy (non-hydrogen) atoms. The first-order chi connectivity index (χ1) is 5.74. The summed E-state index contributed by atoms with van der Waals surface area (Å²) in [5, 5.41) is 0. The van der Waals surface area contributed by atoms with Crippen LogP contribution >= 0.6 is 15.9 Å². The van der Waals surface area contributed by atoms with E-state index in [9.17, 15) is 4.79 Å².